The van der Waals surface area contributed by atoms with Crippen molar-refractivity contribution in [2.24, 2.45) is 4.99 Å². The summed E-state index contributed by atoms with van der Waals surface area (Å²) in [5.74, 6) is 1.39. The zero-order valence-corrected chi connectivity index (χ0v) is 16.4. The number of nitrogens with one attached hydrogen (secondary N) is 1. The van der Waals surface area contributed by atoms with Gasteiger partial charge in [-0.2, -0.15) is 13.2 Å². The average molecular weight is 414 g/mol. The van der Waals surface area contributed by atoms with Crippen LogP contribution in [0.3, 0.4) is 0 Å². The summed E-state index contributed by atoms with van der Waals surface area (Å²) < 4.78 is 51.3. The zero-order valence-electron chi connectivity index (χ0n) is 16.4. The Bertz CT molecular complexity index is 1090. The number of aliphatic imine (C=N–C) groups is 1. The molecule has 156 valence electrons. The largest absolute Gasteiger partial charge is 0.490 e. The lowest BCUT2D eigenvalue weighted by molar-refractivity contribution is -0.137. The molecule has 7 heteroatoms. The predicted molar refractivity (Wildman–Crippen MR) is 111 cm³/mol. The summed E-state index contributed by atoms with van der Waals surface area (Å²) >= 11 is 0. The Morgan fingerprint density at radius 1 is 0.967 bits per heavy atom. The van der Waals surface area contributed by atoms with Gasteiger partial charge < -0.3 is 14.8 Å². The topological polar surface area (TPSA) is 42.9 Å². The van der Waals surface area contributed by atoms with E-state index in [1.165, 1.54) is 12.1 Å². The van der Waals surface area contributed by atoms with Gasteiger partial charge in [0, 0.05) is 13.7 Å². The minimum atomic E-state index is -4.42. The van der Waals surface area contributed by atoms with Crippen molar-refractivity contribution >= 4 is 16.6 Å². The molecule has 0 atom stereocenters. The second kappa shape index (κ2) is 8.36. The molecule has 1 aliphatic heterocycles. The van der Waals surface area contributed by atoms with Crippen molar-refractivity contribution in [1.82, 2.24) is 5.32 Å². The Labute approximate surface area is 172 Å². The summed E-state index contributed by atoms with van der Waals surface area (Å²) in [6.07, 6.45) is -4.42. The Balaban J connectivity index is 1.81. The summed E-state index contributed by atoms with van der Waals surface area (Å²) in [5, 5.41) is 4.92. The zero-order chi connectivity index (χ0) is 21.1. The van der Waals surface area contributed by atoms with E-state index < -0.39 is 11.7 Å². The summed E-state index contributed by atoms with van der Waals surface area (Å²) in [4.78, 5) is 4.47. The number of nitrogens with zero attached hydrogens (tertiary/aromatic N) is 1. The van der Waals surface area contributed by atoms with Gasteiger partial charge in [-0.1, -0.05) is 30.3 Å². The molecule has 0 amide bonds. The lowest BCUT2D eigenvalue weighted by Gasteiger charge is -2.15. The number of hydrogen-bond donors (Lipinski definition) is 1. The number of rotatable bonds is 6. The summed E-state index contributed by atoms with van der Waals surface area (Å²) in [7, 11) is 1.60. The van der Waals surface area contributed by atoms with Gasteiger partial charge in [-0.3, -0.25) is 4.99 Å². The summed E-state index contributed by atoms with van der Waals surface area (Å²) in [6, 6.07) is 14.7. The van der Waals surface area contributed by atoms with Crippen molar-refractivity contribution in [3.63, 3.8) is 0 Å². The van der Waals surface area contributed by atoms with E-state index in [0.717, 1.165) is 34.8 Å². The maximum atomic E-state index is 13.5. The van der Waals surface area contributed by atoms with Gasteiger partial charge in [-0.05, 0) is 46.2 Å². The maximum absolute atomic E-state index is 13.5. The van der Waals surface area contributed by atoms with E-state index in [1.807, 2.05) is 18.2 Å². The first-order valence-electron chi connectivity index (χ1n) is 9.62. The predicted octanol–water partition coefficient (Wildman–Crippen LogP) is 4.90. The lowest BCUT2D eigenvalue weighted by atomic mass is 9.95. The normalized spacial score (nSPS) is 13.9. The van der Waals surface area contributed by atoms with Crippen molar-refractivity contribution in [2.75, 3.05) is 33.4 Å². The van der Waals surface area contributed by atoms with Crippen LogP contribution in [0.1, 0.15) is 11.1 Å². The molecule has 3 aromatic rings. The highest BCUT2D eigenvalue weighted by Crippen LogP contribution is 2.38. The number of amidine groups is 1. The third kappa shape index (κ3) is 4.11. The second-order valence-electron chi connectivity index (χ2n) is 6.95. The molecule has 0 aromatic heterocycles. The van der Waals surface area contributed by atoms with Crippen LogP contribution in [0.2, 0.25) is 0 Å². The number of methoxy groups -OCH3 is 1. The maximum Gasteiger partial charge on any atom is 0.417 e. The van der Waals surface area contributed by atoms with Gasteiger partial charge in [0.25, 0.3) is 0 Å². The van der Waals surface area contributed by atoms with E-state index in [2.05, 4.69) is 10.3 Å². The van der Waals surface area contributed by atoms with Crippen molar-refractivity contribution in [1.29, 1.82) is 0 Å². The first-order chi connectivity index (χ1) is 14.5. The van der Waals surface area contributed by atoms with Gasteiger partial charge >= 0.3 is 6.18 Å². The van der Waals surface area contributed by atoms with Crippen LogP contribution >= 0.6 is 0 Å². The van der Waals surface area contributed by atoms with Gasteiger partial charge in [0.15, 0.2) is 0 Å². The molecule has 30 heavy (non-hydrogen) atoms. The van der Waals surface area contributed by atoms with E-state index in [0.29, 0.717) is 31.1 Å². The molecule has 0 aliphatic carbocycles. The van der Waals surface area contributed by atoms with Crippen molar-refractivity contribution in [3.05, 3.63) is 65.7 Å². The van der Waals surface area contributed by atoms with E-state index in [1.54, 1.807) is 25.3 Å². The Kier molecular flexibility index (Phi) is 5.63. The van der Waals surface area contributed by atoms with Crippen LogP contribution in [-0.2, 0) is 10.9 Å². The van der Waals surface area contributed by atoms with E-state index in [-0.39, 0.29) is 5.56 Å². The highest BCUT2D eigenvalue weighted by Gasteiger charge is 2.33. The van der Waals surface area contributed by atoms with Gasteiger partial charge in [0.2, 0.25) is 0 Å². The highest BCUT2D eigenvalue weighted by molar-refractivity contribution is 6.06. The second-order valence-corrected chi connectivity index (χ2v) is 6.95. The van der Waals surface area contributed by atoms with Gasteiger partial charge in [-0.25, -0.2) is 0 Å². The van der Waals surface area contributed by atoms with Crippen LogP contribution in [0.5, 0.6) is 5.75 Å². The molecule has 0 unspecified atom stereocenters. The Morgan fingerprint density at radius 2 is 1.80 bits per heavy atom. The summed E-state index contributed by atoms with van der Waals surface area (Å²) in [6.45, 7) is 2.25. The molecular weight excluding hydrogens is 393 g/mol. The minimum Gasteiger partial charge on any atom is -0.490 e. The van der Waals surface area contributed by atoms with E-state index in [4.69, 9.17) is 9.47 Å². The van der Waals surface area contributed by atoms with Crippen LogP contribution in [0.4, 0.5) is 13.2 Å². The molecule has 0 saturated carbocycles. The fraction of sp³-hybridized carbons (Fsp3) is 0.261. The fourth-order valence-corrected chi connectivity index (χ4v) is 3.54. The monoisotopic (exact) mass is 414 g/mol. The standard InChI is InChI=1S/C23H21F3N2O2/c1-29-10-11-30-21-14-15-6-7-16(18-4-2-3-5-20(18)23(24,25)26)12-17(15)13-19(21)22-27-8-9-28-22/h2-7,12-14H,8-11H2,1H3,(H,27,28). The van der Waals surface area contributed by atoms with Crippen LogP contribution in [0.15, 0.2) is 59.6 Å². The highest BCUT2D eigenvalue weighted by atomic mass is 19.4. The molecule has 3 aromatic carbocycles. The van der Waals surface area contributed by atoms with Crippen LogP contribution in [-0.4, -0.2) is 39.2 Å². The SMILES string of the molecule is COCCOc1cc2ccc(-c3ccccc3C(F)(F)F)cc2cc1C1=NCCN1. The molecule has 0 radical (unpaired) electrons. The van der Waals surface area contributed by atoms with Gasteiger partial charge in [0.1, 0.15) is 18.2 Å². The first kappa shape index (κ1) is 20.2. The van der Waals surface area contributed by atoms with Crippen LogP contribution < -0.4 is 10.1 Å². The molecule has 4 rings (SSSR count). The molecule has 1 aliphatic rings. The van der Waals surface area contributed by atoms with Crippen molar-refractivity contribution in [3.8, 4) is 16.9 Å². The number of alkyl halides is 3. The quantitative estimate of drug-likeness (QED) is 0.584. The molecule has 4 nitrogen and oxygen atoms in total. The molecule has 0 fully saturated rings. The minimum absolute atomic E-state index is 0.158. The average Bonchev–Trinajstić information content (AvgIpc) is 3.27. The number of hydrogen-bond acceptors (Lipinski definition) is 4. The van der Waals surface area contributed by atoms with E-state index >= 15 is 0 Å². The molecule has 1 N–H and O–H groups in total. The number of halogens is 3. The first-order valence-corrected chi connectivity index (χ1v) is 9.62. The Hall–Kier alpha value is -3.06. The smallest absolute Gasteiger partial charge is 0.417 e. The van der Waals surface area contributed by atoms with Gasteiger partial charge in [0.05, 0.1) is 24.3 Å². The van der Waals surface area contributed by atoms with Crippen molar-refractivity contribution in [2.45, 2.75) is 6.18 Å². The Morgan fingerprint density at radius 3 is 2.53 bits per heavy atom. The molecule has 0 saturated heterocycles. The molecule has 0 bridgehead atoms. The fourth-order valence-electron chi connectivity index (χ4n) is 3.54. The number of benzene rings is 3. The molecular formula is C23H21F3N2O2. The van der Waals surface area contributed by atoms with Gasteiger partial charge in [-0.15, -0.1) is 0 Å². The third-order valence-corrected chi connectivity index (χ3v) is 4.96. The molecule has 0 spiro atoms. The third-order valence-electron chi connectivity index (χ3n) is 4.96. The van der Waals surface area contributed by atoms with E-state index in [9.17, 15) is 13.2 Å². The number of ether oxygens (including phenoxy) is 2. The van der Waals surface area contributed by atoms with Crippen LogP contribution in [0.25, 0.3) is 21.9 Å². The van der Waals surface area contributed by atoms with Crippen molar-refractivity contribution < 1.29 is 22.6 Å². The lowest BCUT2D eigenvalue weighted by Crippen LogP contribution is -2.20. The van der Waals surface area contributed by atoms with Crippen LogP contribution in [0, 0.1) is 0 Å². The number of fused-ring (bicyclic) bond motifs is 1. The molecule has 1 heterocycles. The summed E-state index contributed by atoms with van der Waals surface area (Å²) in [5.41, 5.74) is 0.809.